The van der Waals surface area contributed by atoms with Crippen LogP contribution in [0.4, 0.5) is 11.4 Å². The zero-order chi connectivity index (χ0) is 29.4. The number of rotatable bonds is 8. The highest BCUT2D eigenvalue weighted by Gasteiger charge is 2.42. The molecular weight excluding hydrogens is 544 g/mol. The molecule has 42 heavy (non-hydrogen) atoms. The van der Waals surface area contributed by atoms with Crippen molar-refractivity contribution in [3.8, 4) is 11.7 Å². The van der Waals surface area contributed by atoms with Crippen LogP contribution in [0.5, 0.6) is 11.7 Å². The van der Waals surface area contributed by atoms with E-state index in [-0.39, 0.29) is 45.8 Å². The Morgan fingerprint density at radius 3 is 2.29 bits per heavy atom. The number of imide groups is 1. The lowest BCUT2D eigenvalue weighted by atomic mass is 10.1. The second-order valence-corrected chi connectivity index (χ2v) is 9.23. The fourth-order valence-electron chi connectivity index (χ4n) is 4.53. The molecule has 2 heterocycles. The molecule has 6 rings (SSSR count). The highest BCUT2D eigenvalue weighted by atomic mass is 16.7. The van der Waals surface area contributed by atoms with Crippen LogP contribution < -0.4 is 36.5 Å². The Morgan fingerprint density at radius 1 is 0.857 bits per heavy atom. The van der Waals surface area contributed by atoms with Gasteiger partial charge in [-0.25, -0.2) is 0 Å². The first kappa shape index (κ1) is 26.2. The summed E-state index contributed by atoms with van der Waals surface area (Å²) in [7, 11) is 0. The van der Waals surface area contributed by atoms with Gasteiger partial charge >= 0.3 is 5.95 Å². The van der Waals surface area contributed by atoms with Crippen molar-refractivity contribution < 1.29 is 28.4 Å². The van der Waals surface area contributed by atoms with E-state index in [0.717, 1.165) is 5.56 Å². The Labute approximate surface area is 236 Å². The van der Waals surface area contributed by atoms with Crippen LogP contribution in [0.25, 0.3) is 10.8 Å². The maximum atomic E-state index is 13.3. The van der Waals surface area contributed by atoms with Gasteiger partial charge in [0.1, 0.15) is 12.4 Å². The quantitative estimate of drug-likeness (QED) is 0.214. The van der Waals surface area contributed by atoms with E-state index in [0.29, 0.717) is 10.8 Å². The third kappa shape index (κ3) is 4.66. The van der Waals surface area contributed by atoms with E-state index in [2.05, 4.69) is 15.8 Å². The average Bonchev–Trinajstić information content (AvgIpc) is 3.66. The van der Waals surface area contributed by atoms with Crippen molar-refractivity contribution in [2.45, 2.75) is 13.5 Å². The van der Waals surface area contributed by atoms with Crippen molar-refractivity contribution >= 4 is 39.9 Å². The van der Waals surface area contributed by atoms with Gasteiger partial charge in [-0.2, -0.15) is 5.10 Å². The topological polar surface area (TPSA) is 157 Å². The van der Waals surface area contributed by atoms with Crippen LogP contribution in [0.15, 0.2) is 98.2 Å². The Kier molecular flexibility index (Phi) is 6.55. The lowest BCUT2D eigenvalue weighted by Gasteiger charge is -2.11. The number of furan rings is 1. The van der Waals surface area contributed by atoms with Crippen molar-refractivity contribution in [1.82, 2.24) is 5.06 Å². The molecule has 1 aromatic heterocycles. The minimum absolute atomic E-state index is 0.000985. The summed E-state index contributed by atoms with van der Waals surface area (Å²) in [6.45, 7) is 1.52. The molecule has 0 radical (unpaired) electrons. The van der Waals surface area contributed by atoms with Gasteiger partial charge < -0.3 is 19.3 Å². The highest BCUT2D eigenvalue weighted by molar-refractivity contribution is 6.26. The SMILES string of the molecule is CC(=O)Nc1ccc(NN=c2c(=O)c3ccc(OCc4ccccc4)cc3c2=O)c2c1C(=O)N(Oc1ccco1)C2=O. The van der Waals surface area contributed by atoms with Gasteiger partial charge in [-0.1, -0.05) is 35.4 Å². The van der Waals surface area contributed by atoms with E-state index < -0.39 is 33.9 Å². The molecule has 0 aliphatic carbocycles. The number of ether oxygens (including phenoxy) is 1. The lowest BCUT2D eigenvalue weighted by molar-refractivity contribution is -0.114. The van der Waals surface area contributed by atoms with E-state index in [1.165, 1.54) is 49.6 Å². The predicted octanol–water partition coefficient (Wildman–Crippen LogP) is 3.08. The molecule has 4 aromatic carbocycles. The normalized spacial score (nSPS) is 13.0. The summed E-state index contributed by atoms with van der Waals surface area (Å²) in [4.78, 5) is 69.7. The standard InChI is InChI=1S/C30H20N4O8/c1-16(35)31-21-11-12-22(25-24(21)29(38)34(30(25)39)42-23-8-5-13-40-23)32-33-26-27(36)19-10-9-18(14-20(19)28(26)37)41-15-17-6-3-2-4-7-17/h2-14,32H,15H2,1H3,(H,31,35). The second-order valence-electron chi connectivity index (χ2n) is 9.23. The molecule has 0 atom stereocenters. The lowest BCUT2D eigenvalue weighted by Crippen LogP contribution is -2.33. The molecule has 2 N–H and O–H groups in total. The van der Waals surface area contributed by atoms with Crippen LogP contribution in [-0.2, 0) is 11.4 Å². The zero-order valence-corrected chi connectivity index (χ0v) is 21.9. The van der Waals surface area contributed by atoms with Crippen molar-refractivity contribution in [3.63, 3.8) is 0 Å². The molecule has 1 aliphatic heterocycles. The first-order chi connectivity index (χ1) is 20.3. The fraction of sp³-hybridized carbons (Fsp3) is 0.0667. The van der Waals surface area contributed by atoms with E-state index >= 15 is 0 Å². The summed E-state index contributed by atoms with van der Waals surface area (Å²) in [5.41, 5.74) is 1.97. The number of anilines is 2. The second kappa shape index (κ2) is 10.5. The summed E-state index contributed by atoms with van der Waals surface area (Å²) in [5.74, 6) is -1.94. The molecule has 12 nitrogen and oxygen atoms in total. The van der Waals surface area contributed by atoms with Gasteiger partial charge in [0, 0.05) is 23.8 Å². The number of nitrogens with one attached hydrogen (secondary N) is 2. The Balaban J connectivity index is 1.35. The van der Waals surface area contributed by atoms with Gasteiger partial charge in [-0.3, -0.25) is 29.4 Å². The molecule has 1 aliphatic rings. The fourth-order valence-corrected chi connectivity index (χ4v) is 4.53. The Hall–Kier alpha value is -6.04. The van der Waals surface area contributed by atoms with Crippen LogP contribution in [0, 0.1) is 0 Å². The van der Waals surface area contributed by atoms with Crippen molar-refractivity contribution in [1.29, 1.82) is 0 Å². The van der Waals surface area contributed by atoms with Crippen molar-refractivity contribution in [3.05, 3.63) is 122 Å². The number of amides is 3. The predicted molar refractivity (Wildman–Crippen MR) is 149 cm³/mol. The molecule has 12 heteroatoms. The Morgan fingerprint density at radius 2 is 1.57 bits per heavy atom. The summed E-state index contributed by atoms with van der Waals surface area (Å²) >= 11 is 0. The number of hydrogen-bond donors (Lipinski definition) is 2. The number of fused-ring (bicyclic) bond motifs is 2. The molecular formula is C30H20N4O8. The molecule has 0 fully saturated rings. The minimum Gasteiger partial charge on any atom is -0.489 e. The van der Waals surface area contributed by atoms with Crippen LogP contribution in [0.3, 0.4) is 0 Å². The molecule has 0 unspecified atom stereocenters. The van der Waals surface area contributed by atoms with Gasteiger partial charge in [-0.05, 0) is 42.0 Å². The summed E-state index contributed by atoms with van der Waals surface area (Å²) in [5, 5.41) is 6.88. The summed E-state index contributed by atoms with van der Waals surface area (Å²) < 4.78 is 10.9. The number of carbonyl (C=O) groups is 3. The number of nitrogens with zero attached hydrogens (tertiary/aromatic N) is 2. The van der Waals surface area contributed by atoms with E-state index in [9.17, 15) is 24.0 Å². The molecule has 5 aromatic rings. The van der Waals surface area contributed by atoms with Crippen LogP contribution in [0.2, 0.25) is 0 Å². The maximum absolute atomic E-state index is 13.3. The van der Waals surface area contributed by atoms with Gasteiger partial charge in [-0.15, -0.1) is 0 Å². The number of hydrogen-bond acceptors (Lipinski definition) is 10. The monoisotopic (exact) mass is 564 g/mol. The molecule has 208 valence electrons. The summed E-state index contributed by atoms with van der Waals surface area (Å²) in [6, 6.07) is 19.7. The van der Waals surface area contributed by atoms with Crippen LogP contribution >= 0.6 is 0 Å². The zero-order valence-electron chi connectivity index (χ0n) is 21.9. The van der Waals surface area contributed by atoms with E-state index in [4.69, 9.17) is 14.0 Å². The molecule has 0 spiro atoms. The maximum Gasteiger partial charge on any atom is 0.312 e. The molecule has 0 saturated carbocycles. The van der Waals surface area contributed by atoms with Gasteiger partial charge in [0.05, 0.1) is 28.8 Å². The first-order valence-corrected chi connectivity index (χ1v) is 12.6. The van der Waals surface area contributed by atoms with E-state index in [1.807, 2.05) is 30.3 Å². The number of hydroxylamine groups is 2. The third-order valence-corrected chi connectivity index (χ3v) is 6.44. The molecule has 3 amide bonds. The van der Waals surface area contributed by atoms with Gasteiger partial charge in [0.15, 0.2) is 5.36 Å². The first-order valence-electron chi connectivity index (χ1n) is 12.6. The average molecular weight is 565 g/mol. The van der Waals surface area contributed by atoms with Crippen molar-refractivity contribution in [2.24, 2.45) is 5.10 Å². The Bertz CT molecular complexity index is 2030. The van der Waals surface area contributed by atoms with Crippen molar-refractivity contribution in [2.75, 3.05) is 10.7 Å². The smallest absolute Gasteiger partial charge is 0.312 e. The summed E-state index contributed by atoms with van der Waals surface area (Å²) in [6.07, 6.45) is 1.30. The molecule has 0 bridgehead atoms. The van der Waals surface area contributed by atoms with Gasteiger partial charge in [0.2, 0.25) is 16.8 Å². The van der Waals surface area contributed by atoms with Crippen LogP contribution in [-0.4, -0.2) is 22.8 Å². The van der Waals surface area contributed by atoms with E-state index in [1.54, 1.807) is 6.07 Å². The highest BCUT2D eigenvalue weighted by Crippen LogP contribution is 2.35. The minimum atomic E-state index is -0.881. The number of benzene rings is 3. The molecule has 0 saturated heterocycles. The third-order valence-electron chi connectivity index (χ3n) is 6.44. The van der Waals surface area contributed by atoms with Gasteiger partial charge in [0.25, 0.3) is 11.8 Å². The van der Waals surface area contributed by atoms with Crippen LogP contribution in [0.1, 0.15) is 33.2 Å². The largest absolute Gasteiger partial charge is 0.489 e. The number of carbonyl (C=O) groups excluding carboxylic acids is 3.